The van der Waals surface area contributed by atoms with E-state index >= 15 is 0 Å². The van der Waals surface area contributed by atoms with E-state index in [-0.39, 0.29) is 24.8 Å². The lowest BCUT2D eigenvalue weighted by molar-refractivity contribution is 0.137. The highest BCUT2D eigenvalue weighted by molar-refractivity contribution is 5.93. The maximum absolute atomic E-state index is 11.5. The fraction of sp³-hybridized carbons (Fsp3) is 0.333. The van der Waals surface area contributed by atoms with Gasteiger partial charge >= 0.3 is 6.09 Å². The lowest BCUT2D eigenvalue weighted by Gasteiger charge is -2.15. The molecule has 0 atom stereocenters. The smallest absolute Gasteiger partial charge is 0.408 e. The Morgan fingerprint density at radius 2 is 2.00 bits per heavy atom. The predicted molar refractivity (Wildman–Crippen MR) is 70.9 cm³/mol. The van der Waals surface area contributed by atoms with Gasteiger partial charge < -0.3 is 15.8 Å². The Hall–Kier alpha value is -1.75. The normalized spacial score (nSPS) is 15.1. The molecule has 0 radical (unpaired) electrons. The van der Waals surface area contributed by atoms with Crippen molar-refractivity contribution in [2.24, 2.45) is 5.73 Å². The topological polar surface area (TPSA) is 88.2 Å². The first-order chi connectivity index (χ1) is 8.12. The van der Waals surface area contributed by atoms with Crippen LogP contribution in [0.15, 0.2) is 30.3 Å². The molecular weight excluding hydrogens is 254 g/mol. The van der Waals surface area contributed by atoms with Gasteiger partial charge in [0.05, 0.1) is 0 Å². The van der Waals surface area contributed by atoms with Crippen molar-refractivity contribution in [1.82, 2.24) is 5.32 Å². The summed E-state index contributed by atoms with van der Waals surface area (Å²) in [6.07, 6.45) is 0.896. The fourth-order valence-corrected chi connectivity index (χ4v) is 1.54. The third-order valence-electron chi connectivity index (χ3n) is 2.82. The summed E-state index contributed by atoms with van der Waals surface area (Å²) >= 11 is 0. The number of carbonyl (C=O) groups excluding carboxylic acids is 1. The van der Waals surface area contributed by atoms with E-state index in [1.165, 1.54) is 0 Å². The summed E-state index contributed by atoms with van der Waals surface area (Å²) in [5.74, 6) is -0.00541. The number of benzene rings is 1. The van der Waals surface area contributed by atoms with Crippen LogP contribution >= 0.6 is 12.4 Å². The summed E-state index contributed by atoms with van der Waals surface area (Å²) in [5, 5.41) is 9.98. The monoisotopic (exact) mass is 269 g/mol. The van der Waals surface area contributed by atoms with Crippen LogP contribution in [0.3, 0.4) is 0 Å². The van der Waals surface area contributed by atoms with Crippen molar-refractivity contribution in [2.75, 3.05) is 0 Å². The summed E-state index contributed by atoms with van der Waals surface area (Å²) in [7, 11) is 0. The van der Waals surface area contributed by atoms with Gasteiger partial charge in [0.15, 0.2) is 0 Å². The Morgan fingerprint density at radius 3 is 2.50 bits per heavy atom. The Labute approximate surface area is 112 Å². The van der Waals surface area contributed by atoms with Crippen LogP contribution in [0.4, 0.5) is 4.79 Å². The molecule has 98 valence electrons. The Morgan fingerprint density at radius 1 is 1.39 bits per heavy atom. The summed E-state index contributed by atoms with van der Waals surface area (Å²) in [5.41, 5.74) is 5.68. The molecule has 0 spiro atoms. The van der Waals surface area contributed by atoms with Crippen molar-refractivity contribution in [3.05, 3.63) is 35.9 Å². The number of alkyl carbamates (subject to hydrolysis) is 1. The minimum Gasteiger partial charge on any atom is -0.445 e. The van der Waals surface area contributed by atoms with Gasteiger partial charge in [-0.3, -0.25) is 5.41 Å². The maximum atomic E-state index is 11.5. The number of ether oxygens (including phenoxy) is 1. The highest BCUT2D eigenvalue weighted by Crippen LogP contribution is 2.35. The van der Waals surface area contributed by atoms with Gasteiger partial charge in [-0.15, -0.1) is 12.4 Å². The molecule has 2 rings (SSSR count). The van der Waals surface area contributed by atoms with Gasteiger partial charge in [-0.05, 0) is 18.4 Å². The van der Waals surface area contributed by atoms with Crippen LogP contribution in [-0.4, -0.2) is 17.5 Å². The molecule has 6 heteroatoms. The number of rotatable bonds is 4. The van der Waals surface area contributed by atoms with Crippen molar-refractivity contribution in [3.8, 4) is 0 Å². The van der Waals surface area contributed by atoms with E-state index in [1.807, 2.05) is 30.3 Å². The van der Waals surface area contributed by atoms with Gasteiger partial charge in [0.2, 0.25) is 0 Å². The summed E-state index contributed by atoms with van der Waals surface area (Å²) in [6.45, 7) is 0.223. The SMILES string of the molecule is Cl.N=C(N)C1(NC(=O)OCc2ccccc2)CC1. The molecular formula is C12H16ClN3O2. The third kappa shape index (κ3) is 3.37. The number of carbonyl (C=O) groups is 1. The average molecular weight is 270 g/mol. The number of hydrogen-bond acceptors (Lipinski definition) is 3. The molecule has 0 aromatic heterocycles. The molecule has 1 aromatic rings. The van der Waals surface area contributed by atoms with Crippen molar-refractivity contribution in [2.45, 2.75) is 25.0 Å². The first-order valence-electron chi connectivity index (χ1n) is 5.46. The quantitative estimate of drug-likeness (QED) is 0.575. The summed E-state index contributed by atoms with van der Waals surface area (Å²) in [4.78, 5) is 11.5. The molecule has 0 aliphatic heterocycles. The average Bonchev–Trinajstić information content (AvgIpc) is 3.09. The van der Waals surface area contributed by atoms with E-state index in [0.29, 0.717) is 12.8 Å². The number of amidine groups is 1. The zero-order valence-electron chi connectivity index (χ0n) is 9.81. The van der Waals surface area contributed by atoms with E-state index < -0.39 is 11.6 Å². The molecule has 0 unspecified atom stereocenters. The van der Waals surface area contributed by atoms with Crippen LogP contribution in [-0.2, 0) is 11.3 Å². The molecule has 0 saturated heterocycles. The van der Waals surface area contributed by atoms with Crippen molar-refractivity contribution >= 4 is 24.3 Å². The minimum atomic E-state index is -0.645. The number of hydrogen-bond donors (Lipinski definition) is 3. The first-order valence-corrected chi connectivity index (χ1v) is 5.46. The molecule has 1 aliphatic rings. The van der Waals surface area contributed by atoms with Crippen LogP contribution in [0.5, 0.6) is 0 Å². The number of amides is 1. The molecule has 0 bridgehead atoms. The van der Waals surface area contributed by atoms with E-state index in [2.05, 4.69) is 5.32 Å². The molecule has 1 fully saturated rings. The van der Waals surface area contributed by atoms with Crippen LogP contribution in [0.2, 0.25) is 0 Å². The fourth-order valence-electron chi connectivity index (χ4n) is 1.54. The molecule has 0 heterocycles. The van der Waals surface area contributed by atoms with Crippen molar-refractivity contribution < 1.29 is 9.53 Å². The van der Waals surface area contributed by atoms with Crippen molar-refractivity contribution in [1.29, 1.82) is 5.41 Å². The Bertz CT molecular complexity index is 432. The highest BCUT2D eigenvalue weighted by Gasteiger charge is 2.47. The number of nitrogens with two attached hydrogens (primary N) is 1. The number of halogens is 1. The number of nitrogens with one attached hydrogen (secondary N) is 2. The molecule has 4 N–H and O–H groups in total. The van der Waals surface area contributed by atoms with Gasteiger partial charge in [0, 0.05) is 0 Å². The molecule has 18 heavy (non-hydrogen) atoms. The second-order valence-corrected chi connectivity index (χ2v) is 4.18. The summed E-state index contributed by atoms with van der Waals surface area (Å²) in [6, 6.07) is 9.43. The van der Waals surface area contributed by atoms with Gasteiger partial charge in [-0.1, -0.05) is 30.3 Å². The molecule has 1 saturated carbocycles. The van der Waals surface area contributed by atoms with E-state index in [1.54, 1.807) is 0 Å². The van der Waals surface area contributed by atoms with E-state index in [4.69, 9.17) is 15.9 Å². The first kappa shape index (κ1) is 14.3. The Kier molecular flexibility index (Phi) is 4.55. The van der Waals surface area contributed by atoms with Crippen molar-refractivity contribution in [3.63, 3.8) is 0 Å². The molecule has 1 aromatic carbocycles. The second kappa shape index (κ2) is 5.73. The highest BCUT2D eigenvalue weighted by atomic mass is 35.5. The maximum Gasteiger partial charge on any atom is 0.408 e. The summed E-state index contributed by atoms with van der Waals surface area (Å²) < 4.78 is 5.05. The predicted octanol–water partition coefficient (Wildman–Crippen LogP) is 1.80. The van der Waals surface area contributed by atoms with Gasteiger partial charge in [-0.25, -0.2) is 4.79 Å². The lowest BCUT2D eigenvalue weighted by Crippen LogP contribution is -2.46. The van der Waals surface area contributed by atoms with Crippen LogP contribution in [0.25, 0.3) is 0 Å². The van der Waals surface area contributed by atoms with Crippen LogP contribution < -0.4 is 11.1 Å². The molecule has 1 amide bonds. The second-order valence-electron chi connectivity index (χ2n) is 4.18. The largest absolute Gasteiger partial charge is 0.445 e. The van der Waals surface area contributed by atoms with Crippen LogP contribution in [0.1, 0.15) is 18.4 Å². The van der Waals surface area contributed by atoms with Gasteiger partial charge in [-0.2, -0.15) is 0 Å². The minimum absolute atomic E-state index is 0. The zero-order chi connectivity index (χ0) is 12.3. The van der Waals surface area contributed by atoms with Crippen LogP contribution in [0, 0.1) is 5.41 Å². The molecule has 5 nitrogen and oxygen atoms in total. The lowest BCUT2D eigenvalue weighted by atomic mass is 10.2. The standard InChI is InChI=1S/C12H15N3O2.ClH/c13-10(14)12(6-7-12)15-11(16)17-8-9-4-2-1-3-5-9;/h1-5H,6-8H2,(H3,13,14)(H,15,16);1H. The zero-order valence-corrected chi connectivity index (χ0v) is 10.6. The van der Waals surface area contributed by atoms with E-state index in [0.717, 1.165) is 5.56 Å². The van der Waals surface area contributed by atoms with Gasteiger partial charge in [0.25, 0.3) is 0 Å². The third-order valence-corrected chi connectivity index (χ3v) is 2.82. The van der Waals surface area contributed by atoms with E-state index in [9.17, 15) is 4.79 Å². The Balaban J connectivity index is 0.00000162. The van der Waals surface area contributed by atoms with Gasteiger partial charge in [0.1, 0.15) is 18.0 Å². The molecule has 1 aliphatic carbocycles.